The molecule has 1 aliphatic rings. The minimum atomic E-state index is -1.31. The molecule has 1 atom stereocenters. The van der Waals surface area contributed by atoms with Crippen LogP contribution in [0.3, 0.4) is 0 Å². The van der Waals surface area contributed by atoms with E-state index in [1.54, 1.807) is 6.92 Å². The van der Waals surface area contributed by atoms with Crippen LogP contribution in [-0.2, 0) is 23.9 Å². The number of hydrogen-bond acceptors (Lipinski definition) is 9. The topological polar surface area (TPSA) is 123 Å². The molecule has 1 aromatic rings. The minimum absolute atomic E-state index is 0.105. The Morgan fingerprint density at radius 2 is 1.74 bits per heavy atom. The summed E-state index contributed by atoms with van der Waals surface area (Å²) in [5.74, 6) is -3.61. The zero-order valence-corrected chi connectivity index (χ0v) is 20.4. The number of Topliss-reactive ketones (excluding diaryl/α,β-unsaturated/α-hetero) is 1. The van der Waals surface area contributed by atoms with Crippen LogP contribution in [0.25, 0.3) is 0 Å². The van der Waals surface area contributed by atoms with Crippen LogP contribution in [-0.4, -0.2) is 78.5 Å². The van der Waals surface area contributed by atoms with Crippen molar-refractivity contribution in [3.05, 3.63) is 23.0 Å². The summed E-state index contributed by atoms with van der Waals surface area (Å²) < 4.78 is 29.5. The Hall–Kier alpha value is -3.06. The Bertz CT molecular complexity index is 988. The fourth-order valence-electron chi connectivity index (χ4n) is 2.77. The average Bonchev–Trinajstić information content (AvgIpc) is 2.77. The van der Waals surface area contributed by atoms with Crippen molar-refractivity contribution in [2.45, 2.75) is 31.9 Å². The normalized spacial score (nSPS) is 15.3. The largest absolute Gasteiger partial charge is 0.477 e. The second-order valence-electron chi connectivity index (χ2n) is 7.09. The van der Waals surface area contributed by atoms with Gasteiger partial charge in [0.05, 0.1) is 17.3 Å². The number of amides is 4. The van der Waals surface area contributed by atoms with Crippen molar-refractivity contribution >= 4 is 59.7 Å². The lowest BCUT2D eigenvalue weighted by molar-refractivity contribution is -0.156. The standard InChI is InChI=1S/C20H23ClFN3O8S/c1-5-31-16(27)6-11(26)9-32-17(28)10(2)33-15-8-14(13(22)7-12(15)21)25-18(29)23(3)20(34)24(4)19(25)30/h7-8,10,20,34H,5-6,9H2,1-4H3. The molecule has 2 rings (SSSR count). The van der Waals surface area contributed by atoms with Crippen molar-refractivity contribution in [2.24, 2.45) is 0 Å². The smallest absolute Gasteiger partial charge is 0.347 e. The molecule has 0 aliphatic carbocycles. The molecule has 1 unspecified atom stereocenters. The highest BCUT2D eigenvalue weighted by molar-refractivity contribution is 7.80. The van der Waals surface area contributed by atoms with Gasteiger partial charge in [-0.3, -0.25) is 19.4 Å². The van der Waals surface area contributed by atoms with E-state index in [2.05, 4.69) is 17.4 Å². The number of carbonyl (C=O) groups is 5. The van der Waals surface area contributed by atoms with Gasteiger partial charge in [0.15, 0.2) is 24.0 Å². The molecule has 1 aliphatic heterocycles. The third-order valence-corrected chi connectivity index (χ3v) is 5.57. The van der Waals surface area contributed by atoms with Crippen molar-refractivity contribution in [1.82, 2.24) is 9.80 Å². The molecule has 34 heavy (non-hydrogen) atoms. The lowest BCUT2D eigenvalue weighted by atomic mass is 10.2. The Labute approximate surface area is 205 Å². The first kappa shape index (κ1) is 27.2. The number of urea groups is 2. The van der Waals surface area contributed by atoms with Crippen LogP contribution in [0.4, 0.5) is 19.7 Å². The number of carbonyl (C=O) groups excluding carboxylic acids is 5. The molecular formula is C20H23ClFN3O8S. The van der Waals surface area contributed by atoms with Gasteiger partial charge in [-0.25, -0.2) is 23.7 Å². The number of thiol groups is 1. The van der Waals surface area contributed by atoms with E-state index in [9.17, 15) is 28.4 Å². The number of benzene rings is 1. The van der Waals surface area contributed by atoms with Crippen molar-refractivity contribution < 1.29 is 42.6 Å². The number of anilines is 1. The second kappa shape index (κ2) is 11.4. The maximum atomic E-state index is 14.7. The zero-order valence-electron chi connectivity index (χ0n) is 18.7. The summed E-state index contributed by atoms with van der Waals surface area (Å²) in [5, 5.41) is -0.245. The molecule has 0 saturated carbocycles. The van der Waals surface area contributed by atoms with Crippen LogP contribution in [0.1, 0.15) is 20.3 Å². The highest BCUT2D eigenvalue weighted by atomic mass is 35.5. The Morgan fingerprint density at radius 3 is 2.29 bits per heavy atom. The Morgan fingerprint density at radius 1 is 1.15 bits per heavy atom. The van der Waals surface area contributed by atoms with Crippen LogP contribution < -0.4 is 9.64 Å². The number of halogens is 2. The quantitative estimate of drug-likeness (QED) is 0.300. The number of rotatable bonds is 9. The summed E-state index contributed by atoms with van der Waals surface area (Å²) in [7, 11) is 2.75. The summed E-state index contributed by atoms with van der Waals surface area (Å²) in [6, 6.07) is 0.121. The van der Waals surface area contributed by atoms with Crippen molar-refractivity contribution in [1.29, 1.82) is 0 Å². The Kier molecular flexibility index (Phi) is 9.10. The molecular weight excluding hydrogens is 497 g/mol. The van der Waals surface area contributed by atoms with Gasteiger partial charge in [0.1, 0.15) is 18.0 Å². The zero-order chi connectivity index (χ0) is 25.7. The van der Waals surface area contributed by atoms with Crippen molar-refractivity contribution in [3.63, 3.8) is 0 Å². The van der Waals surface area contributed by atoms with E-state index >= 15 is 0 Å². The van der Waals surface area contributed by atoms with E-state index in [-0.39, 0.29) is 17.4 Å². The molecule has 186 valence electrons. The van der Waals surface area contributed by atoms with Gasteiger partial charge in [-0.1, -0.05) is 11.6 Å². The van der Waals surface area contributed by atoms with Crippen LogP contribution in [0.5, 0.6) is 5.75 Å². The van der Waals surface area contributed by atoms with Gasteiger partial charge in [-0.2, -0.15) is 0 Å². The lowest BCUT2D eigenvalue weighted by Gasteiger charge is -2.41. The average molecular weight is 520 g/mol. The van der Waals surface area contributed by atoms with Gasteiger partial charge >= 0.3 is 24.0 Å². The van der Waals surface area contributed by atoms with Gasteiger partial charge in [-0.15, -0.1) is 12.6 Å². The molecule has 0 aromatic heterocycles. The predicted octanol–water partition coefficient (Wildman–Crippen LogP) is 2.45. The molecule has 0 spiro atoms. The SMILES string of the molecule is CCOC(=O)CC(=O)COC(=O)C(C)Oc1cc(N2C(=O)N(C)C(S)N(C)C2=O)c(F)cc1Cl. The summed E-state index contributed by atoms with van der Waals surface area (Å²) in [6.45, 7) is 2.28. The second-order valence-corrected chi connectivity index (χ2v) is 7.96. The molecule has 1 heterocycles. The summed E-state index contributed by atoms with van der Waals surface area (Å²) in [4.78, 5) is 63.2. The fraction of sp³-hybridized carbons (Fsp3) is 0.450. The van der Waals surface area contributed by atoms with Gasteiger partial charge < -0.3 is 14.2 Å². The third-order valence-electron chi connectivity index (χ3n) is 4.58. The number of esters is 2. The fourth-order valence-corrected chi connectivity index (χ4v) is 3.16. The first-order valence-electron chi connectivity index (χ1n) is 9.90. The Balaban J connectivity index is 2.15. The van der Waals surface area contributed by atoms with Crippen LogP contribution in [0, 0.1) is 5.82 Å². The number of hydrogen-bond donors (Lipinski definition) is 1. The van der Waals surface area contributed by atoms with E-state index in [4.69, 9.17) is 21.1 Å². The monoisotopic (exact) mass is 519 g/mol. The van der Waals surface area contributed by atoms with E-state index in [0.717, 1.165) is 21.9 Å². The van der Waals surface area contributed by atoms with E-state index < -0.39 is 65.9 Å². The maximum absolute atomic E-state index is 14.7. The van der Waals surface area contributed by atoms with Gasteiger partial charge in [0.25, 0.3) is 0 Å². The van der Waals surface area contributed by atoms with Gasteiger partial charge in [-0.05, 0) is 19.9 Å². The predicted molar refractivity (Wildman–Crippen MR) is 120 cm³/mol. The van der Waals surface area contributed by atoms with E-state index in [1.165, 1.54) is 21.0 Å². The van der Waals surface area contributed by atoms with Gasteiger partial charge in [0, 0.05) is 20.2 Å². The van der Waals surface area contributed by atoms with Crippen molar-refractivity contribution in [3.8, 4) is 5.75 Å². The maximum Gasteiger partial charge on any atom is 0.347 e. The first-order chi connectivity index (χ1) is 15.9. The lowest BCUT2D eigenvalue weighted by Crippen LogP contribution is -2.62. The third kappa shape index (κ3) is 6.08. The number of nitrogens with zero attached hydrogens (tertiary/aromatic N) is 3. The van der Waals surface area contributed by atoms with Crippen molar-refractivity contribution in [2.75, 3.05) is 32.2 Å². The molecule has 11 nitrogen and oxygen atoms in total. The highest BCUT2D eigenvalue weighted by Crippen LogP contribution is 2.35. The molecule has 1 saturated heterocycles. The molecule has 0 radical (unpaired) electrons. The van der Waals surface area contributed by atoms with E-state index in [1.807, 2.05) is 0 Å². The van der Waals surface area contributed by atoms with Gasteiger partial charge in [0.2, 0.25) is 0 Å². The summed E-state index contributed by atoms with van der Waals surface area (Å²) in [6.07, 6.45) is -1.87. The molecule has 1 aromatic carbocycles. The first-order valence-corrected chi connectivity index (χ1v) is 10.8. The summed E-state index contributed by atoms with van der Waals surface area (Å²) >= 11 is 10.2. The molecule has 1 fully saturated rings. The molecule has 14 heteroatoms. The number of ether oxygens (including phenoxy) is 3. The number of imide groups is 1. The molecule has 0 N–H and O–H groups in total. The molecule has 0 bridgehead atoms. The van der Waals surface area contributed by atoms with Crippen LogP contribution >= 0.6 is 24.2 Å². The van der Waals surface area contributed by atoms with Crippen LogP contribution in [0.2, 0.25) is 5.02 Å². The number of ketones is 1. The highest BCUT2D eigenvalue weighted by Gasteiger charge is 2.41. The summed E-state index contributed by atoms with van der Waals surface area (Å²) in [5.41, 5.74) is -1.32. The van der Waals surface area contributed by atoms with Crippen LogP contribution in [0.15, 0.2) is 12.1 Å². The minimum Gasteiger partial charge on any atom is -0.477 e. The molecule has 4 amide bonds. The van der Waals surface area contributed by atoms with E-state index in [0.29, 0.717) is 4.90 Å².